The molecule has 0 saturated heterocycles. The van der Waals surface area contributed by atoms with Gasteiger partial charge in [0.05, 0.1) is 4.90 Å². The summed E-state index contributed by atoms with van der Waals surface area (Å²) in [6.45, 7) is 0.370. The van der Waals surface area contributed by atoms with Crippen LogP contribution in [0.4, 0.5) is 4.39 Å². The average molecular weight is 376 g/mol. The van der Waals surface area contributed by atoms with Crippen LogP contribution in [0, 0.1) is 5.82 Å². The van der Waals surface area contributed by atoms with E-state index in [1.54, 1.807) is 35.2 Å². The molecule has 1 aliphatic rings. The Hall–Kier alpha value is -2.25. The molecule has 1 aliphatic carbocycles. The third-order valence-electron chi connectivity index (χ3n) is 4.23. The Morgan fingerprint density at radius 3 is 2.50 bits per heavy atom. The van der Waals surface area contributed by atoms with Crippen molar-refractivity contribution in [2.45, 2.75) is 36.7 Å². The lowest BCUT2D eigenvalue weighted by molar-refractivity contribution is -0.132. The summed E-state index contributed by atoms with van der Waals surface area (Å²) < 4.78 is 40.2. The molecule has 2 aromatic carbocycles. The SMILES string of the molecule is O=C(CCNS(=O)(=O)c1ccccc1)N(Cc1cccc(F)c1)C1CC1. The van der Waals surface area contributed by atoms with Crippen LogP contribution in [0.25, 0.3) is 0 Å². The second kappa shape index (κ2) is 7.97. The van der Waals surface area contributed by atoms with Gasteiger partial charge in [-0.05, 0) is 42.7 Å². The van der Waals surface area contributed by atoms with Crippen LogP contribution in [0.2, 0.25) is 0 Å². The highest BCUT2D eigenvalue weighted by Gasteiger charge is 2.32. The number of benzene rings is 2. The number of nitrogens with zero attached hydrogens (tertiary/aromatic N) is 1. The van der Waals surface area contributed by atoms with Crippen molar-refractivity contribution in [1.29, 1.82) is 0 Å². The van der Waals surface area contributed by atoms with Gasteiger partial charge in [-0.3, -0.25) is 4.79 Å². The molecule has 2 aromatic rings. The molecule has 0 aliphatic heterocycles. The molecule has 0 unspecified atom stereocenters. The first-order valence-corrected chi connectivity index (χ1v) is 10.0. The zero-order valence-corrected chi connectivity index (χ0v) is 15.1. The Morgan fingerprint density at radius 1 is 1.12 bits per heavy atom. The van der Waals surface area contributed by atoms with Crippen molar-refractivity contribution in [3.63, 3.8) is 0 Å². The summed E-state index contributed by atoms with van der Waals surface area (Å²) in [5.74, 6) is -0.464. The molecule has 0 atom stereocenters. The maximum absolute atomic E-state index is 13.4. The van der Waals surface area contributed by atoms with Crippen LogP contribution in [0.15, 0.2) is 59.5 Å². The minimum atomic E-state index is -3.62. The first-order chi connectivity index (χ1) is 12.5. The molecule has 0 heterocycles. The average Bonchev–Trinajstić information content (AvgIpc) is 3.45. The third kappa shape index (κ3) is 4.89. The van der Waals surface area contributed by atoms with E-state index < -0.39 is 10.0 Å². The number of amides is 1. The molecule has 5 nitrogen and oxygen atoms in total. The first kappa shape index (κ1) is 18.5. The van der Waals surface area contributed by atoms with Crippen LogP contribution in [-0.4, -0.2) is 31.8 Å². The van der Waals surface area contributed by atoms with Crippen molar-refractivity contribution in [1.82, 2.24) is 9.62 Å². The normalized spacial score (nSPS) is 14.2. The Bertz CT molecular complexity index is 867. The molecular weight excluding hydrogens is 355 g/mol. The zero-order valence-electron chi connectivity index (χ0n) is 14.3. The summed E-state index contributed by atoms with van der Waals surface area (Å²) in [5.41, 5.74) is 0.732. The van der Waals surface area contributed by atoms with Crippen LogP contribution in [0.5, 0.6) is 0 Å². The number of carbonyl (C=O) groups is 1. The van der Waals surface area contributed by atoms with Crippen LogP contribution in [0.3, 0.4) is 0 Å². The molecule has 1 N–H and O–H groups in total. The van der Waals surface area contributed by atoms with Crippen molar-refractivity contribution < 1.29 is 17.6 Å². The minimum Gasteiger partial charge on any atom is -0.335 e. The first-order valence-electron chi connectivity index (χ1n) is 8.54. The quantitative estimate of drug-likeness (QED) is 0.770. The van der Waals surface area contributed by atoms with E-state index in [0.29, 0.717) is 6.54 Å². The van der Waals surface area contributed by atoms with E-state index in [0.717, 1.165) is 18.4 Å². The van der Waals surface area contributed by atoms with E-state index in [1.165, 1.54) is 24.3 Å². The highest BCUT2D eigenvalue weighted by atomic mass is 32.2. The molecule has 1 fully saturated rings. The summed E-state index contributed by atoms with van der Waals surface area (Å²) in [4.78, 5) is 14.4. The van der Waals surface area contributed by atoms with Gasteiger partial charge in [-0.2, -0.15) is 0 Å². The summed E-state index contributed by atoms with van der Waals surface area (Å²) in [5, 5.41) is 0. The Morgan fingerprint density at radius 2 is 1.85 bits per heavy atom. The topological polar surface area (TPSA) is 66.5 Å². The third-order valence-corrected chi connectivity index (χ3v) is 5.71. The fourth-order valence-corrected chi connectivity index (χ4v) is 3.81. The van der Waals surface area contributed by atoms with Gasteiger partial charge in [-0.1, -0.05) is 30.3 Å². The fourth-order valence-electron chi connectivity index (χ4n) is 2.76. The second-order valence-electron chi connectivity index (χ2n) is 6.34. The van der Waals surface area contributed by atoms with Gasteiger partial charge in [0.1, 0.15) is 5.82 Å². The van der Waals surface area contributed by atoms with E-state index in [2.05, 4.69) is 4.72 Å². The summed E-state index contributed by atoms with van der Waals surface area (Å²) >= 11 is 0. The van der Waals surface area contributed by atoms with Gasteiger partial charge in [0.25, 0.3) is 0 Å². The van der Waals surface area contributed by atoms with Gasteiger partial charge < -0.3 is 4.90 Å². The number of rotatable bonds is 8. The lowest BCUT2D eigenvalue weighted by Crippen LogP contribution is -2.35. The molecule has 0 aromatic heterocycles. The van der Waals surface area contributed by atoms with Crippen molar-refractivity contribution in [3.05, 3.63) is 66.0 Å². The molecule has 138 valence electrons. The molecule has 0 radical (unpaired) electrons. The zero-order chi connectivity index (χ0) is 18.6. The Kier molecular flexibility index (Phi) is 5.68. The second-order valence-corrected chi connectivity index (χ2v) is 8.11. The molecule has 0 bridgehead atoms. The van der Waals surface area contributed by atoms with Gasteiger partial charge in [0, 0.05) is 25.6 Å². The molecular formula is C19H21FN2O3S. The van der Waals surface area contributed by atoms with Crippen LogP contribution >= 0.6 is 0 Å². The molecule has 0 spiro atoms. The highest BCUT2D eigenvalue weighted by Crippen LogP contribution is 2.29. The molecule has 3 rings (SSSR count). The van der Waals surface area contributed by atoms with Gasteiger partial charge >= 0.3 is 0 Å². The predicted octanol–water partition coefficient (Wildman–Crippen LogP) is 2.69. The van der Waals surface area contributed by atoms with E-state index >= 15 is 0 Å². The van der Waals surface area contributed by atoms with Gasteiger partial charge in [0.2, 0.25) is 15.9 Å². The van der Waals surface area contributed by atoms with Crippen LogP contribution in [-0.2, 0) is 21.4 Å². The molecule has 7 heteroatoms. The summed E-state index contributed by atoms with van der Waals surface area (Å²) in [6, 6.07) is 14.4. The van der Waals surface area contributed by atoms with E-state index in [-0.39, 0.29) is 35.6 Å². The number of nitrogens with one attached hydrogen (secondary N) is 1. The maximum Gasteiger partial charge on any atom is 0.240 e. The highest BCUT2D eigenvalue weighted by molar-refractivity contribution is 7.89. The van der Waals surface area contributed by atoms with Crippen molar-refractivity contribution in [3.8, 4) is 0 Å². The molecule has 1 amide bonds. The number of sulfonamides is 1. The van der Waals surface area contributed by atoms with Crippen molar-refractivity contribution in [2.75, 3.05) is 6.54 Å². The Labute approximate surface area is 152 Å². The number of hydrogen-bond acceptors (Lipinski definition) is 3. The maximum atomic E-state index is 13.4. The number of carbonyl (C=O) groups excluding carboxylic acids is 1. The largest absolute Gasteiger partial charge is 0.335 e. The monoisotopic (exact) mass is 376 g/mol. The molecule has 26 heavy (non-hydrogen) atoms. The lowest BCUT2D eigenvalue weighted by atomic mass is 10.2. The van der Waals surface area contributed by atoms with E-state index in [1.807, 2.05) is 0 Å². The standard InChI is InChI=1S/C19H21FN2O3S/c20-16-6-4-5-15(13-16)14-22(17-9-10-17)19(23)11-12-21-26(24,25)18-7-2-1-3-8-18/h1-8,13,17,21H,9-12,14H2. The predicted molar refractivity (Wildman–Crippen MR) is 96.2 cm³/mol. The minimum absolute atomic E-state index is 0.0302. The Balaban J connectivity index is 1.57. The lowest BCUT2D eigenvalue weighted by Gasteiger charge is -2.23. The van der Waals surface area contributed by atoms with Crippen molar-refractivity contribution >= 4 is 15.9 Å². The van der Waals surface area contributed by atoms with Crippen molar-refractivity contribution in [2.24, 2.45) is 0 Å². The van der Waals surface area contributed by atoms with Gasteiger partial charge in [-0.15, -0.1) is 0 Å². The van der Waals surface area contributed by atoms with E-state index in [4.69, 9.17) is 0 Å². The van der Waals surface area contributed by atoms with Crippen LogP contribution in [0.1, 0.15) is 24.8 Å². The number of halogens is 1. The van der Waals surface area contributed by atoms with Gasteiger partial charge in [-0.25, -0.2) is 17.5 Å². The summed E-state index contributed by atoms with van der Waals surface area (Å²) in [7, 11) is -3.62. The molecule has 1 saturated carbocycles. The fraction of sp³-hybridized carbons (Fsp3) is 0.316. The smallest absolute Gasteiger partial charge is 0.240 e. The number of hydrogen-bond donors (Lipinski definition) is 1. The van der Waals surface area contributed by atoms with Crippen LogP contribution < -0.4 is 4.72 Å². The summed E-state index contributed by atoms with van der Waals surface area (Å²) in [6.07, 6.45) is 1.92. The van der Waals surface area contributed by atoms with E-state index in [9.17, 15) is 17.6 Å². The van der Waals surface area contributed by atoms with Gasteiger partial charge in [0.15, 0.2) is 0 Å².